The summed E-state index contributed by atoms with van der Waals surface area (Å²) in [5.74, 6) is 0.592. The number of amides is 1. The second-order valence-corrected chi connectivity index (χ2v) is 4.16. The van der Waals surface area contributed by atoms with E-state index in [1.54, 1.807) is 30.2 Å². The van der Waals surface area contributed by atoms with Gasteiger partial charge in [-0.1, -0.05) is 11.6 Å². The number of ether oxygens (including phenoxy) is 2. The zero-order chi connectivity index (χ0) is 12.3. The molecule has 92 valence electrons. The van der Waals surface area contributed by atoms with Gasteiger partial charge in [0.1, 0.15) is 5.75 Å². The summed E-state index contributed by atoms with van der Waals surface area (Å²) in [5, 5.41) is 0.417. The van der Waals surface area contributed by atoms with Crippen LogP contribution in [0.15, 0.2) is 18.2 Å². The Morgan fingerprint density at radius 3 is 2.71 bits per heavy atom. The van der Waals surface area contributed by atoms with E-state index in [9.17, 15) is 4.79 Å². The number of rotatable bonds is 2. The summed E-state index contributed by atoms with van der Waals surface area (Å²) < 4.78 is 10.3. The van der Waals surface area contributed by atoms with Crippen molar-refractivity contribution in [1.82, 2.24) is 4.90 Å². The Morgan fingerprint density at radius 2 is 2.12 bits per heavy atom. The number of nitrogens with zero attached hydrogens (tertiary/aromatic N) is 1. The number of hydrogen-bond acceptors (Lipinski definition) is 3. The fraction of sp³-hybridized carbons (Fsp3) is 0.417. The molecule has 0 N–H and O–H groups in total. The Kier molecular flexibility index (Phi) is 3.86. The number of benzene rings is 1. The number of carbonyl (C=O) groups excluding carboxylic acids is 1. The Balaban J connectivity index is 2.18. The summed E-state index contributed by atoms with van der Waals surface area (Å²) in [6.45, 7) is 2.39. The molecule has 1 fully saturated rings. The van der Waals surface area contributed by atoms with Gasteiger partial charge in [-0.15, -0.1) is 0 Å². The van der Waals surface area contributed by atoms with Gasteiger partial charge in [0.25, 0.3) is 5.91 Å². The smallest absolute Gasteiger partial charge is 0.255 e. The van der Waals surface area contributed by atoms with Gasteiger partial charge < -0.3 is 14.4 Å². The SMILES string of the molecule is COc1ccc(C(=O)N2CCOCC2)c(Cl)c1. The molecular formula is C12H14ClNO3. The lowest BCUT2D eigenvalue weighted by Gasteiger charge is -2.27. The van der Waals surface area contributed by atoms with Crippen LogP contribution in [0.5, 0.6) is 5.75 Å². The highest BCUT2D eigenvalue weighted by Crippen LogP contribution is 2.23. The van der Waals surface area contributed by atoms with E-state index in [0.29, 0.717) is 42.6 Å². The van der Waals surface area contributed by atoms with Crippen LogP contribution in [0, 0.1) is 0 Å². The molecule has 0 radical (unpaired) electrons. The molecule has 4 nitrogen and oxygen atoms in total. The highest BCUT2D eigenvalue weighted by molar-refractivity contribution is 6.34. The van der Waals surface area contributed by atoms with Crippen molar-refractivity contribution in [2.75, 3.05) is 33.4 Å². The molecule has 2 rings (SSSR count). The minimum atomic E-state index is -0.0547. The molecule has 1 aromatic carbocycles. The van der Waals surface area contributed by atoms with Crippen molar-refractivity contribution in [3.63, 3.8) is 0 Å². The van der Waals surface area contributed by atoms with Crippen molar-refractivity contribution in [1.29, 1.82) is 0 Å². The van der Waals surface area contributed by atoms with Crippen molar-refractivity contribution in [3.8, 4) is 5.75 Å². The molecule has 17 heavy (non-hydrogen) atoms. The standard InChI is InChI=1S/C12H14ClNO3/c1-16-9-2-3-10(11(13)8-9)12(15)14-4-6-17-7-5-14/h2-3,8H,4-7H2,1H3. The molecule has 1 saturated heterocycles. The van der Waals surface area contributed by atoms with Crippen molar-refractivity contribution < 1.29 is 14.3 Å². The third kappa shape index (κ3) is 2.70. The minimum Gasteiger partial charge on any atom is -0.497 e. The van der Waals surface area contributed by atoms with Gasteiger partial charge in [0.15, 0.2) is 0 Å². The Bertz CT molecular complexity index is 416. The average Bonchev–Trinajstić information content (AvgIpc) is 2.39. The first-order valence-electron chi connectivity index (χ1n) is 5.43. The van der Waals surface area contributed by atoms with Crippen LogP contribution in [0.2, 0.25) is 5.02 Å². The lowest BCUT2D eigenvalue weighted by Crippen LogP contribution is -2.40. The molecule has 1 amide bonds. The molecule has 5 heteroatoms. The molecule has 1 heterocycles. The number of methoxy groups -OCH3 is 1. The Hall–Kier alpha value is -1.26. The summed E-state index contributed by atoms with van der Waals surface area (Å²) in [4.78, 5) is 13.9. The van der Waals surface area contributed by atoms with Gasteiger partial charge >= 0.3 is 0 Å². The normalized spacial score (nSPS) is 15.8. The molecule has 0 aliphatic carbocycles. The first-order chi connectivity index (χ1) is 8.22. The van der Waals surface area contributed by atoms with E-state index >= 15 is 0 Å². The van der Waals surface area contributed by atoms with E-state index < -0.39 is 0 Å². The van der Waals surface area contributed by atoms with Crippen molar-refractivity contribution in [2.24, 2.45) is 0 Å². The van der Waals surface area contributed by atoms with Gasteiger partial charge in [-0.2, -0.15) is 0 Å². The maximum atomic E-state index is 12.2. The van der Waals surface area contributed by atoms with Gasteiger partial charge in [-0.05, 0) is 18.2 Å². The third-order valence-electron chi connectivity index (χ3n) is 2.70. The van der Waals surface area contributed by atoms with Gasteiger partial charge in [-0.3, -0.25) is 4.79 Å². The van der Waals surface area contributed by atoms with E-state index in [1.165, 1.54) is 0 Å². The van der Waals surface area contributed by atoms with Gasteiger partial charge in [-0.25, -0.2) is 0 Å². The monoisotopic (exact) mass is 255 g/mol. The van der Waals surface area contributed by atoms with Gasteiger partial charge in [0.2, 0.25) is 0 Å². The number of morpholine rings is 1. The van der Waals surface area contributed by atoms with Gasteiger partial charge in [0, 0.05) is 13.1 Å². The van der Waals surface area contributed by atoms with Crippen LogP contribution in [0.1, 0.15) is 10.4 Å². The molecule has 1 aliphatic heterocycles. The molecule has 1 aliphatic rings. The molecule has 0 atom stereocenters. The number of hydrogen-bond donors (Lipinski definition) is 0. The predicted octanol–water partition coefficient (Wildman–Crippen LogP) is 1.82. The van der Waals surface area contributed by atoms with E-state index in [1.807, 2.05) is 0 Å². The highest BCUT2D eigenvalue weighted by Gasteiger charge is 2.20. The molecule has 0 saturated carbocycles. The Labute approximate surface area is 105 Å². The topological polar surface area (TPSA) is 38.8 Å². The number of carbonyl (C=O) groups is 1. The van der Waals surface area contributed by atoms with E-state index in [-0.39, 0.29) is 5.91 Å². The first kappa shape index (κ1) is 12.2. The van der Waals surface area contributed by atoms with Crippen LogP contribution >= 0.6 is 11.6 Å². The average molecular weight is 256 g/mol. The van der Waals surface area contributed by atoms with Crippen LogP contribution in [0.25, 0.3) is 0 Å². The second-order valence-electron chi connectivity index (χ2n) is 3.75. The van der Waals surface area contributed by atoms with Crippen LogP contribution in [-0.2, 0) is 4.74 Å². The van der Waals surface area contributed by atoms with Gasteiger partial charge in [0.05, 0.1) is 30.9 Å². The molecule has 1 aromatic rings. The minimum absolute atomic E-state index is 0.0547. The lowest BCUT2D eigenvalue weighted by atomic mass is 10.2. The largest absolute Gasteiger partial charge is 0.497 e. The van der Waals surface area contributed by atoms with E-state index in [2.05, 4.69) is 0 Å². The zero-order valence-electron chi connectivity index (χ0n) is 9.61. The maximum Gasteiger partial charge on any atom is 0.255 e. The van der Waals surface area contributed by atoms with Crippen molar-refractivity contribution in [2.45, 2.75) is 0 Å². The summed E-state index contributed by atoms with van der Waals surface area (Å²) in [6, 6.07) is 5.08. The summed E-state index contributed by atoms with van der Waals surface area (Å²) in [7, 11) is 1.56. The molecule has 0 spiro atoms. The molecular weight excluding hydrogens is 242 g/mol. The van der Waals surface area contributed by atoms with E-state index in [4.69, 9.17) is 21.1 Å². The van der Waals surface area contributed by atoms with E-state index in [0.717, 1.165) is 0 Å². The summed E-state index contributed by atoms with van der Waals surface area (Å²) in [5.41, 5.74) is 0.509. The fourth-order valence-electron chi connectivity index (χ4n) is 1.73. The van der Waals surface area contributed by atoms with Crippen LogP contribution < -0.4 is 4.74 Å². The maximum absolute atomic E-state index is 12.2. The lowest BCUT2D eigenvalue weighted by molar-refractivity contribution is 0.0303. The molecule has 0 unspecified atom stereocenters. The molecule has 0 aromatic heterocycles. The van der Waals surface area contributed by atoms with Crippen molar-refractivity contribution >= 4 is 17.5 Å². The summed E-state index contributed by atoms with van der Waals surface area (Å²) in [6.07, 6.45) is 0. The Morgan fingerprint density at radius 1 is 1.41 bits per heavy atom. The van der Waals surface area contributed by atoms with Crippen LogP contribution in [-0.4, -0.2) is 44.2 Å². The van der Waals surface area contributed by atoms with Crippen molar-refractivity contribution in [3.05, 3.63) is 28.8 Å². The molecule has 0 bridgehead atoms. The quantitative estimate of drug-likeness (QED) is 0.809. The first-order valence-corrected chi connectivity index (χ1v) is 5.80. The third-order valence-corrected chi connectivity index (χ3v) is 3.02. The second kappa shape index (κ2) is 5.38. The van der Waals surface area contributed by atoms with Crippen LogP contribution in [0.3, 0.4) is 0 Å². The summed E-state index contributed by atoms with van der Waals surface area (Å²) >= 11 is 6.06. The highest BCUT2D eigenvalue weighted by atomic mass is 35.5. The van der Waals surface area contributed by atoms with Crippen LogP contribution in [0.4, 0.5) is 0 Å². The predicted molar refractivity (Wildman–Crippen MR) is 64.7 cm³/mol. The zero-order valence-corrected chi connectivity index (χ0v) is 10.4. The fourth-order valence-corrected chi connectivity index (χ4v) is 1.98. The number of halogens is 1.